The van der Waals surface area contributed by atoms with Crippen LogP contribution in [0.5, 0.6) is 5.75 Å². The van der Waals surface area contributed by atoms with E-state index in [1.165, 1.54) is 29.5 Å². The van der Waals surface area contributed by atoms with E-state index in [2.05, 4.69) is 51.0 Å². The molecule has 0 unspecified atom stereocenters. The van der Waals surface area contributed by atoms with Gasteiger partial charge in [0.15, 0.2) is 0 Å². The zero-order valence-electron chi connectivity index (χ0n) is 19.3. The van der Waals surface area contributed by atoms with E-state index in [1.807, 2.05) is 24.3 Å². The summed E-state index contributed by atoms with van der Waals surface area (Å²) in [7, 11) is 0. The Hall–Kier alpha value is -3.08. The molecule has 1 N–H and O–H groups in total. The molecule has 0 spiro atoms. The van der Waals surface area contributed by atoms with E-state index in [0.717, 1.165) is 11.3 Å². The van der Waals surface area contributed by atoms with Gasteiger partial charge in [0, 0.05) is 12.4 Å². The molecule has 0 radical (unpaired) electrons. The van der Waals surface area contributed by atoms with Gasteiger partial charge in [-0.1, -0.05) is 58.0 Å². The fraction of sp³-hybridized carbons (Fsp3) is 0.407. The Labute approximate surface area is 190 Å². The maximum Gasteiger partial charge on any atom is 0.305 e. The van der Waals surface area contributed by atoms with Crippen LogP contribution < -0.4 is 4.74 Å². The molecule has 3 aromatic rings. The molecule has 0 bridgehead atoms. The fourth-order valence-electron chi connectivity index (χ4n) is 4.67. The summed E-state index contributed by atoms with van der Waals surface area (Å²) in [6, 6.07) is 15.9. The number of hydrogen-bond acceptors (Lipinski definition) is 3. The van der Waals surface area contributed by atoms with E-state index in [0.29, 0.717) is 6.61 Å². The lowest BCUT2D eigenvalue weighted by Crippen LogP contribution is -2.33. The second-order valence-electron chi connectivity index (χ2n) is 10.1. The quantitative estimate of drug-likeness (QED) is 0.507. The number of nitrogens with zero attached hydrogens (tertiary/aromatic N) is 2. The number of benzene rings is 2. The topological polar surface area (TPSA) is 64.3 Å². The van der Waals surface area contributed by atoms with E-state index in [4.69, 9.17) is 4.74 Å². The minimum Gasteiger partial charge on any atom is -0.489 e. The minimum absolute atomic E-state index is 0.0247. The second kappa shape index (κ2) is 8.45. The smallest absolute Gasteiger partial charge is 0.305 e. The summed E-state index contributed by atoms with van der Waals surface area (Å²) in [6.07, 6.45) is 5.82. The van der Waals surface area contributed by atoms with Gasteiger partial charge >= 0.3 is 5.97 Å². The number of carbonyl (C=O) groups is 1. The summed E-state index contributed by atoms with van der Waals surface area (Å²) in [5.41, 5.74) is 5.32. The van der Waals surface area contributed by atoms with E-state index >= 15 is 0 Å². The number of rotatable bonds is 7. The highest BCUT2D eigenvalue weighted by atomic mass is 16.5. The first-order valence-electron chi connectivity index (χ1n) is 11.2. The number of aromatic nitrogens is 2. The van der Waals surface area contributed by atoms with Crippen molar-refractivity contribution >= 4 is 5.97 Å². The third kappa shape index (κ3) is 4.57. The Bertz CT molecular complexity index is 1080. The number of ether oxygens (including phenoxy) is 1. The Morgan fingerprint density at radius 2 is 1.75 bits per heavy atom. The molecule has 168 valence electrons. The molecule has 2 aromatic carbocycles. The maximum absolute atomic E-state index is 11.3. The average molecular weight is 433 g/mol. The molecule has 0 aliphatic heterocycles. The van der Waals surface area contributed by atoms with Crippen molar-refractivity contribution in [2.45, 2.75) is 70.4 Å². The lowest BCUT2D eigenvalue weighted by molar-refractivity contribution is -0.137. The molecule has 1 aliphatic carbocycles. The Morgan fingerprint density at radius 1 is 1.06 bits per heavy atom. The highest BCUT2D eigenvalue weighted by Crippen LogP contribution is 2.45. The van der Waals surface area contributed by atoms with Gasteiger partial charge in [-0.25, -0.2) is 0 Å². The SMILES string of the molecule is CC1(C)CCC(C)(C)c2cc(COc3ccc([C@H](CC(=O)O)n4cccn4)cc3)ccc21. The molecule has 1 heterocycles. The van der Waals surface area contributed by atoms with Gasteiger partial charge in [0.25, 0.3) is 0 Å². The predicted octanol–water partition coefficient (Wildman–Crippen LogP) is 5.88. The molecule has 4 rings (SSSR count). The van der Waals surface area contributed by atoms with E-state index < -0.39 is 5.97 Å². The number of fused-ring (bicyclic) bond motifs is 1. The van der Waals surface area contributed by atoms with Crippen molar-refractivity contribution in [2.75, 3.05) is 0 Å². The lowest BCUT2D eigenvalue weighted by atomic mass is 9.63. The zero-order chi connectivity index (χ0) is 22.9. The normalized spacial score (nSPS) is 17.4. The van der Waals surface area contributed by atoms with Crippen LogP contribution >= 0.6 is 0 Å². The maximum atomic E-state index is 11.3. The van der Waals surface area contributed by atoms with Crippen LogP contribution in [0.15, 0.2) is 60.9 Å². The van der Waals surface area contributed by atoms with Crippen molar-refractivity contribution in [3.63, 3.8) is 0 Å². The highest BCUT2D eigenvalue weighted by Gasteiger charge is 2.36. The molecular formula is C27H32N2O3. The van der Waals surface area contributed by atoms with Crippen LogP contribution in [0, 0.1) is 0 Å². The summed E-state index contributed by atoms with van der Waals surface area (Å²) >= 11 is 0. The van der Waals surface area contributed by atoms with Crippen LogP contribution in [0.2, 0.25) is 0 Å². The average Bonchev–Trinajstić information content (AvgIpc) is 3.29. The van der Waals surface area contributed by atoms with Crippen molar-refractivity contribution in [1.82, 2.24) is 9.78 Å². The van der Waals surface area contributed by atoms with Crippen LogP contribution in [0.25, 0.3) is 0 Å². The van der Waals surface area contributed by atoms with Crippen molar-refractivity contribution in [1.29, 1.82) is 0 Å². The predicted molar refractivity (Wildman–Crippen MR) is 125 cm³/mol. The summed E-state index contributed by atoms with van der Waals surface area (Å²) in [4.78, 5) is 11.3. The third-order valence-electron chi connectivity index (χ3n) is 6.80. The first-order chi connectivity index (χ1) is 15.2. The van der Waals surface area contributed by atoms with Gasteiger partial charge in [-0.3, -0.25) is 9.48 Å². The van der Waals surface area contributed by atoms with E-state index in [9.17, 15) is 9.90 Å². The summed E-state index contributed by atoms with van der Waals surface area (Å²) in [5.74, 6) is -0.0926. The summed E-state index contributed by atoms with van der Waals surface area (Å²) in [5, 5.41) is 13.5. The molecule has 0 fully saturated rings. The van der Waals surface area contributed by atoms with Crippen LogP contribution in [-0.4, -0.2) is 20.9 Å². The second-order valence-corrected chi connectivity index (χ2v) is 10.1. The van der Waals surface area contributed by atoms with Gasteiger partial charge < -0.3 is 9.84 Å². The van der Waals surface area contributed by atoms with Crippen molar-refractivity contribution in [3.05, 3.63) is 83.2 Å². The molecule has 5 heteroatoms. The van der Waals surface area contributed by atoms with Gasteiger partial charge in [0.05, 0.1) is 12.5 Å². The Morgan fingerprint density at radius 3 is 2.38 bits per heavy atom. The molecule has 0 saturated carbocycles. The van der Waals surface area contributed by atoms with Crippen LogP contribution in [0.3, 0.4) is 0 Å². The largest absolute Gasteiger partial charge is 0.489 e. The molecule has 0 amide bonds. The number of carboxylic acids is 1. The molecule has 1 aromatic heterocycles. The minimum atomic E-state index is -0.857. The first-order valence-corrected chi connectivity index (χ1v) is 11.2. The molecule has 1 aliphatic rings. The summed E-state index contributed by atoms with van der Waals surface area (Å²) < 4.78 is 7.75. The molecule has 32 heavy (non-hydrogen) atoms. The Kier molecular flexibility index (Phi) is 5.85. The standard InChI is InChI=1S/C27H32N2O3/c1-26(2)12-13-27(3,4)23-16-19(6-11-22(23)26)18-32-21-9-7-20(8-10-21)24(17-25(30)31)29-15-5-14-28-29/h5-11,14-16,24H,12-13,17-18H2,1-4H3,(H,30,31)/t24-/m0/s1. The molecule has 0 saturated heterocycles. The third-order valence-corrected chi connectivity index (χ3v) is 6.80. The van der Waals surface area contributed by atoms with E-state index in [1.54, 1.807) is 23.1 Å². The van der Waals surface area contributed by atoms with Crippen molar-refractivity contribution in [3.8, 4) is 5.75 Å². The molecular weight excluding hydrogens is 400 g/mol. The lowest BCUT2D eigenvalue weighted by Gasteiger charge is -2.42. The number of carboxylic acid groups (broad SMARTS) is 1. The van der Waals surface area contributed by atoms with Gasteiger partial charge in [0.2, 0.25) is 0 Å². The van der Waals surface area contributed by atoms with Gasteiger partial charge in [0.1, 0.15) is 12.4 Å². The summed E-state index contributed by atoms with van der Waals surface area (Å²) in [6.45, 7) is 9.83. The van der Waals surface area contributed by atoms with E-state index in [-0.39, 0.29) is 23.3 Å². The number of aliphatic carboxylic acids is 1. The van der Waals surface area contributed by atoms with Crippen molar-refractivity contribution in [2.24, 2.45) is 0 Å². The van der Waals surface area contributed by atoms with Crippen LogP contribution in [-0.2, 0) is 22.2 Å². The number of hydrogen-bond donors (Lipinski definition) is 1. The monoisotopic (exact) mass is 432 g/mol. The van der Waals surface area contributed by atoms with Gasteiger partial charge in [-0.05, 0) is 64.1 Å². The highest BCUT2D eigenvalue weighted by molar-refractivity contribution is 5.68. The first kappa shape index (κ1) is 22.1. The van der Waals surface area contributed by atoms with Crippen LogP contribution in [0.1, 0.15) is 75.3 Å². The van der Waals surface area contributed by atoms with Crippen LogP contribution in [0.4, 0.5) is 0 Å². The molecule has 5 nitrogen and oxygen atoms in total. The van der Waals surface area contributed by atoms with Gasteiger partial charge in [-0.15, -0.1) is 0 Å². The Balaban J connectivity index is 1.49. The fourth-order valence-corrected chi connectivity index (χ4v) is 4.67. The van der Waals surface area contributed by atoms with Crippen molar-refractivity contribution < 1.29 is 14.6 Å². The molecule has 1 atom stereocenters. The van der Waals surface area contributed by atoms with Gasteiger partial charge in [-0.2, -0.15) is 5.10 Å². The zero-order valence-corrected chi connectivity index (χ0v) is 19.3.